The molecule has 0 aliphatic heterocycles. The Morgan fingerprint density at radius 3 is 2.11 bits per heavy atom. The minimum absolute atomic E-state index is 0. The maximum absolute atomic E-state index is 6.06. The molecule has 1 aromatic carbocycles. The summed E-state index contributed by atoms with van der Waals surface area (Å²) in [7, 11) is 0. The fourth-order valence-electron chi connectivity index (χ4n) is 1.10. The van der Waals surface area contributed by atoms with Crippen molar-refractivity contribution in [1.29, 1.82) is 0 Å². The van der Waals surface area contributed by atoms with Gasteiger partial charge in [-0.25, -0.2) is 4.99 Å². The van der Waals surface area contributed by atoms with E-state index < -0.39 is 3.79 Å². The molecule has 0 heterocycles. The number of nitrogens with two attached hydrogens (primary N) is 1. The van der Waals surface area contributed by atoms with Gasteiger partial charge in [-0.15, -0.1) is 0 Å². The van der Waals surface area contributed by atoms with Crippen LogP contribution in [-0.2, 0) is 0 Å². The summed E-state index contributed by atoms with van der Waals surface area (Å²) in [6, 6.07) is 9.58. The van der Waals surface area contributed by atoms with Crippen molar-refractivity contribution in [2.45, 2.75) is 10.7 Å². The Hall–Kier alpha value is -0.120. The number of hydrogen-bond acceptors (Lipinski definition) is 0. The van der Waals surface area contributed by atoms with E-state index in [1.165, 1.54) is 0 Å². The van der Waals surface area contributed by atoms with E-state index in [9.17, 15) is 0 Å². The van der Waals surface area contributed by atoms with Gasteiger partial charge in [-0.3, -0.25) is 5.73 Å². The van der Waals surface area contributed by atoms with Crippen molar-refractivity contribution in [2.75, 3.05) is 0 Å². The van der Waals surface area contributed by atoms with Gasteiger partial charge in [0.25, 0.3) is 9.63 Å². The summed E-state index contributed by atoms with van der Waals surface area (Å²) in [6.45, 7) is 1.84. The predicted molar refractivity (Wildman–Crippen MR) is 75.3 cm³/mol. The Morgan fingerprint density at radius 2 is 1.67 bits per heavy atom. The topological polar surface area (TPSA) is 40.0 Å². The molecule has 0 saturated heterocycles. The van der Waals surface area contributed by atoms with Crippen LogP contribution in [0, 0.1) is 0 Å². The van der Waals surface area contributed by atoms with Crippen LogP contribution in [0.25, 0.3) is 5.57 Å². The third kappa shape index (κ3) is 5.25. The van der Waals surface area contributed by atoms with Crippen LogP contribution in [0.15, 0.2) is 35.5 Å². The van der Waals surface area contributed by atoms with E-state index in [2.05, 4.69) is 4.99 Å². The smallest absolute Gasteiger partial charge is 0.299 e. The highest BCUT2D eigenvalue weighted by Crippen LogP contribution is 2.24. The van der Waals surface area contributed by atoms with Gasteiger partial charge in [-0.05, 0) is 24.1 Å². The molecule has 0 aliphatic carbocycles. The zero-order chi connectivity index (χ0) is 13.1. The van der Waals surface area contributed by atoms with E-state index in [0.29, 0.717) is 5.16 Å². The van der Waals surface area contributed by atoms with Crippen LogP contribution in [0.5, 0.6) is 0 Å². The van der Waals surface area contributed by atoms with Gasteiger partial charge in [0, 0.05) is 5.57 Å². The number of allylic oxidation sites excluding steroid dienone is 1. The predicted octanol–water partition coefficient (Wildman–Crippen LogP) is -0.574. The number of benzene rings is 1. The highest BCUT2D eigenvalue weighted by atomic mass is 35.6. The molecule has 18 heavy (non-hydrogen) atoms. The number of halogens is 5. The van der Waals surface area contributed by atoms with Crippen molar-refractivity contribution in [2.24, 2.45) is 5.73 Å². The van der Waals surface area contributed by atoms with Crippen LogP contribution in [0.4, 0.5) is 0 Å². The van der Waals surface area contributed by atoms with Crippen molar-refractivity contribution in [3.63, 3.8) is 0 Å². The molecule has 2 nitrogen and oxygen atoms in total. The molecule has 0 aromatic heterocycles. The second-order valence-electron chi connectivity index (χ2n) is 3.34. The van der Waals surface area contributed by atoms with E-state index in [-0.39, 0.29) is 18.2 Å². The van der Waals surface area contributed by atoms with Crippen LogP contribution in [0.2, 0.25) is 0 Å². The number of nitrogens with one attached hydrogen (secondary N) is 1. The third-order valence-electron chi connectivity index (χ3n) is 2.09. The Labute approximate surface area is 132 Å². The Balaban J connectivity index is 0.00000289. The van der Waals surface area contributed by atoms with Crippen molar-refractivity contribution >= 4 is 57.8 Å². The zero-order valence-electron chi connectivity index (χ0n) is 9.35. The fraction of sp³-hybridized carbons (Fsp3) is 0.182. The van der Waals surface area contributed by atoms with Gasteiger partial charge in [0.2, 0.25) is 0 Å². The fourth-order valence-corrected chi connectivity index (χ4v) is 1.45. The molecular formula is C11H11Cl5N2. The van der Waals surface area contributed by atoms with Gasteiger partial charge in [0.05, 0.1) is 0 Å². The number of rotatable bonds is 2. The van der Waals surface area contributed by atoms with Crippen molar-refractivity contribution in [1.82, 2.24) is 0 Å². The van der Waals surface area contributed by atoms with E-state index in [0.717, 1.165) is 11.1 Å². The Kier molecular flexibility index (Phi) is 7.41. The quantitative estimate of drug-likeness (QED) is 0.319. The number of alkyl halides is 3. The van der Waals surface area contributed by atoms with E-state index in [1.807, 2.05) is 37.3 Å². The molecule has 0 atom stereocenters. The number of hydrogen-bond donors (Lipinski definition) is 2. The first-order valence-corrected chi connectivity index (χ1v) is 6.22. The molecule has 1 aromatic rings. The lowest BCUT2D eigenvalue weighted by molar-refractivity contribution is -0.384. The van der Waals surface area contributed by atoms with Gasteiger partial charge in [-0.1, -0.05) is 65.1 Å². The molecule has 0 aliphatic rings. The lowest BCUT2D eigenvalue weighted by Crippen LogP contribution is -3.00. The molecule has 3 N–H and O–H groups in total. The summed E-state index contributed by atoms with van der Waals surface area (Å²) >= 11 is 22.9. The molecule has 0 unspecified atom stereocenters. The monoisotopic (exact) mass is 346 g/mol. The maximum atomic E-state index is 6.06. The molecule has 7 heteroatoms. The standard InChI is InChI=1S/C11H10Cl4N2.ClH/c1-7(8-5-3-2-4-6-8)9(12)17-10(16)11(13,14)15;/h2-6H,1H3,(H2,16,17);1H/b9-7+;. The largest absolute Gasteiger partial charge is 1.00 e. The summed E-state index contributed by atoms with van der Waals surface area (Å²) in [5, 5.41) is 0.319. The summed E-state index contributed by atoms with van der Waals surface area (Å²) in [5.41, 5.74) is 7.33. The lowest BCUT2D eigenvalue weighted by atomic mass is 10.1. The summed E-state index contributed by atoms with van der Waals surface area (Å²) in [4.78, 5) is 2.66. The Bertz CT molecular complexity index is 448. The zero-order valence-corrected chi connectivity index (χ0v) is 13.1. The van der Waals surface area contributed by atoms with E-state index >= 15 is 0 Å². The summed E-state index contributed by atoms with van der Waals surface area (Å²) < 4.78 is -1.70. The summed E-state index contributed by atoms with van der Waals surface area (Å²) in [6.07, 6.45) is 0. The molecule has 0 bridgehead atoms. The third-order valence-corrected chi connectivity index (χ3v) is 3.07. The first-order valence-electron chi connectivity index (χ1n) is 4.71. The van der Waals surface area contributed by atoms with E-state index in [4.69, 9.17) is 52.1 Å². The SMILES string of the molecule is C/C(=C(Cl)\[NH+]=C(\N)C(Cl)(Cl)Cl)c1ccccc1.[Cl-]. The van der Waals surface area contributed by atoms with Crippen LogP contribution < -0.4 is 23.1 Å². The second-order valence-corrected chi connectivity index (χ2v) is 6.00. The maximum Gasteiger partial charge on any atom is 0.299 e. The normalized spacial score (nSPS) is 13.7. The molecule has 0 spiro atoms. The highest BCUT2D eigenvalue weighted by molar-refractivity contribution is 6.76. The van der Waals surface area contributed by atoms with Crippen molar-refractivity contribution in [3.05, 3.63) is 41.1 Å². The van der Waals surface area contributed by atoms with Crippen LogP contribution >= 0.6 is 46.4 Å². The first kappa shape index (κ1) is 17.9. The minimum atomic E-state index is -1.70. The molecule has 100 valence electrons. The van der Waals surface area contributed by atoms with Crippen molar-refractivity contribution < 1.29 is 17.4 Å². The van der Waals surface area contributed by atoms with Crippen LogP contribution in [0.1, 0.15) is 12.5 Å². The molecule has 0 radical (unpaired) electrons. The molecule has 1 rings (SSSR count). The van der Waals surface area contributed by atoms with Crippen molar-refractivity contribution in [3.8, 4) is 0 Å². The van der Waals surface area contributed by atoms with Gasteiger partial charge < -0.3 is 12.4 Å². The lowest BCUT2D eigenvalue weighted by Gasteiger charge is -2.05. The van der Waals surface area contributed by atoms with Crippen LogP contribution in [0.3, 0.4) is 0 Å². The van der Waals surface area contributed by atoms with Gasteiger partial charge >= 0.3 is 0 Å². The average Bonchev–Trinajstić information content (AvgIpc) is 2.27. The first-order chi connectivity index (χ1) is 7.82. The van der Waals surface area contributed by atoms with E-state index in [1.54, 1.807) is 0 Å². The van der Waals surface area contributed by atoms with Gasteiger partial charge in [-0.2, -0.15) is 0 Å². The molecule has 0 amide bonds. The second kappa shape index (κ2) is 7.46. The highest BCUT2D eigenvalue weighted by Gasteiger charge is 2.31. The molecule has 0 fully saturated rings. The van der Waals surface area contributed by atoms with Crippen LogP contribution in [-0.4, -0.2) is 9.63 Å². The van der Waals surface area contributed by atoms with Gasteiger partial charge in [0.15, 0.2) is 5.16 Å². The average molecular weight is 348 g/mol. The number of amidine groups is 1. The minimum Gasteiger partial charge on any atom is -1.00 e. The van der Waals surface area contributed by atoms with Gasteiger partial charge in [0.1, 0.15) is 0 Å². The molecule has 0 saturated carbocycles. The summed E-state index contributed by atoms with van der Waals surface area (Å²) in [5.74, 6) is -0.0391. The Morgan fingerprint density at radius 1 is 1.17 bits per heavy atom. The molecular weight excluding hydrogens is 337 g/mol.